The maximum Gasteiger partial charge on any atom is 0.250 e. The van der Waals surface area contributed by atoms with Gasteiger partial charge in [0.25, 0.3) is 0 Å². The Balaban J connectivity index is 2.21. The highest BCUT2D eigenvalue weighted by Gasteiger charge is 2.33. The minimum Gasteiger partial charge on any atom is -0.372 e. The molecular weight excluding hydrogens is 278 g/mol. The summed E-state index contributed by atoms with van der Waals surface area (Å²) < 4.78 is 0. The summed E-state index contributed by atoms with van der Waals surface area (Å²) in [6, 6.07) is 7.37. The Morgan fingerprint density at radius 1 is 1.36 bits per heavy atom. The van der Waals surface area contributed by atoms with E-state index in [1.807, 2.05) is 31.2 Å². The molecule has 1 unspecified atom stereocenters. The first-order valence-corrected chi connectivity index (χ1v) is 7.96. The van der Waals surface area contributed by atoms with Crippen molar-refractivity contribution in [3.8, 4) is 0 Å². The number of carbonyl (C=O) groups is 2. The van der Waals surface area contributed by atoms with Gasteiger partial charge >= 0.3 is 0 Å². The molecule has 0 spiro atoms. The van der Waals surface area contributed by atoms with E-state index in [0.29, 0.717) is 12.5 Å². The molecule has 5 nitrogen and oxygen atoms in total. The van der Waals surface area contributed by atoms with Crippen molar-refractivity contribution in [1.29, 1.82) is 0 Å². The Bertz CT molecular complexity index is 542. The number of benzene rings is 1. The van der Waals surface area contributed by atoms with E-state index in [1.54, 1.807) is 4.90 Å². The Labute approximate surface area is 132 Å². The SMILES string of the molecule is CCCNC(=O)CN1C(=O)C(CC(C)C)Nc2ccccc21. The van der Waals surface area contributed by atoms with Gasteiger partial charge in [0.05, 0.1) is 11.4 Å². The van der Waals surface area contributed by atoms with E-state index in [4.69, 9.17) is 0 Å². The molecule has 0 saturated heterocycles. The Hall–Kier alpha value is -2.04. The quantitative estimate of drug-likeness (QED) is 0.848. The van der Waals surface area contributed by atoms with Gasteiger partial charge in [-0.1, -0.05) is 32.9 Å². The molecule has 0 bridgehead atoms. The van der Waals surface area contributed by atoms with E-state index < -0.39 is 0 Å². The lowest BCUT2D eigenvalue weighted by atomic mass is 9.99. The lowest BCUT2D eigenvalue weighted by Gasteiger charge is -2.35. The fraction of sp³-hybridized carbons (Fsp3) is 0.529. The molecule has 0 saturated carbocycles. The van der Waals surface area contributed by atoms with Crippen molar-refractivity contribution in [3.05, 3.63) is 24.3 Å². The minimum atomic E-state index is -0.270. The van der Waals surface area contributed by atoms with Crippen molar-refractivity contribution in [2.75, 3.05) is 23.3 Å². The van der Waals surface area contributed by atoms with E-state index in [0.717, 1.165) is 24.2 Å². The molecule has 1 aliphatic heterocycles. The molecule has 22 heavy (non-hydrogen) atoms. The zero-order chi connectivity index (χ0) is 16.1. The van der Waals surface area contributed by atoms with E-state index in [1.165, 1.54) is 0 Å². The number of para-hydroxylation sites is 2. The van der Waals surface area contributed by atoms with Gasteiger partial charge in [0.2, 0.25) is 11.8 Å². The summed E-state index contributed by atoms with van der Waals surface area (Å²) in [7, 11) is 0. The molecule has 0 aromatic heterocycles. The Morgan fingerprint density at radius 3 is 2.77 bits per heavy atom. The predicted octanol–water partition coefficient (Wildman–Crippen LogP) is 2.39. The van der Waals surface area contributed by atoms with Gasteiger partial charge in [-0.25, -0.2) is 0 Å². The summed E-state index contributed by atoms with van der Waals surface area (Å²) in [6.07, 6.45) is 1.63. The van der Waals surface area contributed by atoms with Crippen LogP contribution in [0.3, 0.4) is 0 Å². The second-order valence-electron chi connectivity index (χ2n) is 6.12. The maximum absolute atomic E-state index is 12.7. The van der Waals surface area contributed by atoms with Gasteiger partial charge in [-0.05, 0) is 30.9 Å². The first kappa shape index (κ1) is 16.3. The summed E-state index contributed by atoms with van der Waals surface area (Å²) >= 11 is 0. The third-order valence-electron chi connectivity index (χ3n) is 3.67. The molecule has 1 aliphatic rings. The van der Waals surface area contributed by atoms with Crippen LogP contribution >= 0.6 is 0 Å². The number of hydrogen-bond donors (Lipinski definition) is 2. The van der Waals surface area contributed by atoms with Gasteiger partial charge in [-0.15, -0.1) is 0 Å². The molecule has 2 amide bonds. The van der Waals surface area contributed by atoms with Crippen molar-refractivity contribution < 1.29 is 9.59 Å². The molecule has 0 fully saturated rings. The van der Waals surface area contributed by atoms with Crippen molar-refractivity contribution in [2.45, 2.75) is 39.7 Å². The third kappa shape index (κ3) is 3.78. The van der Waals surface area contributed by atoms with Gasteiger partial charge in [0, 0.05) is 6.54 Å². The van der Waals surface area contributed by atoms with Gasteiger partial charge in [-0.2, -0.15) is 0 Å². The first-order valence-electron chi connectivity index (χ1n) is 7.96. The zero-order valence-corrected chi connectivity index (χ0v) is 13.6. The van der Waals surface area contributed by atoms with Crippen LogP contribution in [-0.2, 0) is 9.59 Å². The summed E-state index contributed by atoms with van der Waals surface area (Å²) in [4.78, 5) is 26.3. The number of amides is 2. The largest absolute Gasteiger partial charge is 0.372 e. The molecule has 0 radical (unpaired) electrons. The normalized spacial score (nSPS) is 17.2. The van der Waals surface area contributed by atoms with Crippen molar-refractivity contribution >= 4 is 23.2 Å². The van der Waals surface area contributed by atoms with Gasteiger partial charge in [0.15, 0.2) is 0 Å². The Morgan fingerprint density at radius 2 is 2.09 bits per heavy atom. The van der Waals surface area contributed by atoms with Crippen molar-refractivity contribution in [1.82, 2.24) is 5.32 Å². The van der Waals surface area contributed by atoms with E-state index in [9.17, 15) is 9.59 Å². The van der Waals surface area contributed by atoms with Crippen LogP contribution < -0.4 is 15.5 Å². The average Bonchev–Trinajstić information content (AvgIpc) is 2.48. The van der Waals surface area contributed by atoms with Crippen LogP contribution in [0.15, 0.2) is 24.3 Å². The number of fused-ring (bicyclic) bond motifs is 1. The second kappa shape index (κ2) is 7.29. The number of anilines is 2. The molecule has 1 aromatic carbocycles. The highest BCUT2D eigenvalue weighted by atomic mass is 16.2. The van der Waals surface area contributed by atoms with E-state index in [-0.39, 0.29) is 24.4 Å². The number of nitrogens with zero attached hydrogens (tertiary/aromatic N) is 1. The van der Waals surface area contributed by atoms with Gasteiger partial charge in [-0.3, -0.25) is 14.5 Å². The topological polar surface area (TPSA) is 61.4 Å². The molecular formula is C17H25N3O2. The van der Waals surface area contributed by atoms with Crippen LogP contribution in [0.1, 0.15) is 33.6 Å². The zero-order valence-electron chi connectivity index (χ0n) is 13.6. The van der Waals surface area contributed by atoms with Crippen LogP contribution in [0.4, 0.5) is 11.4 Å². The molecule has 2 rings (SSSR count). The molecule has 5 heteroatoms. The van der Waals surface area contributed by atoms with E-state index >= 15 is 0 Å². The Kier molecular flexibility index (Phi) is 5.41. The third-order valence-corrected chi connectivity index (χ3v) is 3.67. The molecule has 2 N–H and O–H groups in total. The number of hydrogen-bond acceptors (Lipinski definition) is 3. The minimum absolute atomic E-state index is 0.0287. The fourth-order valence-corrected chi connectivity index (χ4v) is 2.65. The van der Waals surface area contributed by atoms with Crippen LogP contribution in [0.25, 0.3) is 0 Å². The highest BCUT2D eigenvalue weighted by Crippen LogP contribution is 2.32. The molecule has 1 atom stereocenters. The van der Waals surface area contributed by atoms with Crippen LogP contribution in [0.5, 0.6) is 0 Å². The lowest BCUT2D eigenvalue weighted by molar-refractivity contribution is -0.124. The van der Waals surface area contributed by atoms with Crippen LogP contribution in [0, 0.1) is 5.92 Å². The summed E-state index contributed by atoms with van der Waals surface area (Å²) in [6.45, 7) is 6.90. The molecule has 0 aliphatic carbocycles. The van der Waals surface area contributed by atoms with Crippen LogP contribution in [0.2, 0.25) is 0 Å². The fourth-order valence-electron chi connectivity index (χ4n) is 2.65. The standard InChI is InChI=1S/C17H25N3O2/c1-4-9-18-16(21)11-20-15-8-6-5-7-13(15)19-14(17(20)22)10-12(2)3/h5-8,12,14,19H,4,9-11H2,1-3H3,(H,18,21). The van der Waals surface area contributed by atoms with Crippen LogP contribution in [-0.4, -0.2) is 30.9 Å². The first-order chi connectivity index (χ1) is 10.5. The number of carbonyl (C=O) groups excluding carboxylic acids is 2. The smallest absolute Gasteiger partial charge is 0.250 e. The molecule has 1 aromatic rings. The summed E-state index contributed by atoms with van der Waals surface area (Å²) in [5, 5.41) is 6.13. The number of rotatable bonds is 6. The summed E-state index contributed by atoms with van der Waals surface area (Å²) in [5.41, 5.74) is 1.69. The summed E-state index contributed by atoms with van der Waals surface area (Å²) in [5.74, 6) is 0.261. The maximum atomic E-state index is 12.7. The lowest BCUT2D eigenvalue weighted by Crippen LogP contribution is -2.51. The van der Waals surface area contributed by atoms with Crippen molar-refractivity contribution in [2.24, 2.45) is 5.92 Å². The van der Waals surface area contributed by atoms with Crippen molar-refractivity contribution in [3.63, 3.8) is 0 Å². The molecule has 1 heterocycles. The number of nitrogens with one attached hydrogen (secondary N) is 2. The van der Waals surface area contributed by atoms with Gasteiger partial charge in [0.1, 0.15) is 12.6 Å². The average molecular weight is 303 g/mol. The highest BCUT2D eigenvalue weighted by molar-refractivity contribution is 6.07. The monoisotopic (exact) mass is 303 g/mol. The predicted molar refractivity (Wildman–Crippen MR) is 89.0 cm³/mol. The second-order valence-corrected chi connectivity index (χ2v) is 6.12. The van der Waals surface area contributed by atoms with Gasteiger partial charge < -0.3 is 10.6 Å². The van der Waals surface area contributed by atoms with E-state index in [2.05, 4.69) is 24.5 Å². The molecule has 120 valence electrons.